The van der Waals surface area contributed by atoms with Crippen molar-refractivity contribution < 1.29 is 4.79 Å². The Kier molecular flexibility index (Phi) is 6.01. The fraction of sp³-hybridized carbons (Fsp3) is 0.842. The van der Waals surface area contributed by atoms with Crippen molar-refractivity contribution in [1.29, 1.82) is 0 Å². The van der Waals surface area contributed by atoms with E-state index in [0.29, 0.717) is 24.2 Å². The predicted molar refractivity (Wildman–Crippen MR) is 94.0 cm³/mol. The number of hydrogen-bond acceptors (Lipinski definition) is 3. The molecule has 2 unspecified atom stereocenters. The van der Waals surface area contributed by atoms with Gasteiger partial charge in [0.05, 0.1) is 12.6 Å². The number of halogens is 1. The standard InChI is InChI=1S/C19H29ClN2O/c1-2-12-22-13-17(14-6-4-3-5-7-14)18(21-22)19(23)15-8-10-16(20)11-9-15/h1,14-18,21H,3-13H2. The van der Waals surface area contributed by atoms with Crippen molar-refractivity contribution in [2.24, 2.45) is 17.8 Å². The molecule has 128 valence electrons. The van der Waals surface area contributed by atoms with Gasteiger partial charge < -0.3 is 0 Å². The maximum atomic E-state index is 13.1. The molecule has 2 atom stereocenters. The van der Waals surface area contributed by atoms with Gasteiger partial charge >= 0.3 is 0 Å². The minimum atomic E-state index is -0.0247. The molecule has 0 radical (unpaired) electrons. The first-order chi connectivity index (χ1) is 11.2. The van der Waals surface area contributed by atoms with Gasteiger partial charge in [0.15, 0.2) is 5.78 Å². The van der Waals surface area contributed by atoms with Gasteiger partial charge in [-0.2, -0.15) is 0 Å². The smallest absolute Gasteiger partial charge is 0.154 e. The van der Waals surface area contributed by atoms with Gasteiger partial charge in [-0.3, -0.25) is 4.79 Å². The van der Waals surface area contributed by atoms with Crippen molar-refractivity contribution in [2.75, 3.05) is 13.1 Å². The summed E-state index contributed by atoms with van der Waals surface area (Å²) in [7, 11) is 0. The van der Waals surface area contributed by atoms with Gasteiger partial charge in [0.25, 0.3) is 0 Å². The summed E-state index contributed by atoms with van der Waals surface area (Å²) >= 11 is 6.20. The zero-order valence-corrected chi connectivity index (χ0v) is 14.7. The van der Waals surface area contributed by atoms with E-state index < -0.39 is 0 Å². The average molecular weight is 337 g/mol. The van der Waals surface area contributed by atoms with Gasteiger partial charge in [-0.15, -0.1) is 18.0 Å². The van der Waals surface area contributed by atoms with Crippen molar-refractivity contribution in [3.05, 3.63) is 0 Å². The van der Waals surface area contributed by atoms with Crippen LogP contribution in [0.5, 0.6) is 0 Å². The Morgan fingerprint density at radius 3 is 2.48 bits per heavy atom. The molecule has 0 aromatic rings. The molecule has 3 aliphatic rings. The Labute approximate surface area is 145 Å². The summed E-state index contributed by atoms with van der Waals surface area (Å²) < 4.78 is 0. The van der Waals surface area contributed by atoms with E-state index in [4.69, 9.17) is 18.0 Å². The number of hydrazine groups is 1. The first-order valence-corrected chi connectivity index (χ1v) is 9.75. The van der Waals surface area contributed by atoms with E-state index in [1.54, 1.807) is 0 Å². The number of terminal acetylenes is 1. The molecule has 4 heteroatoms. The number of carbonyl (C=O) groups excluding carboxylic acids is 1. The molecule has 1 heterocycles. The maximum absolute atomic E-state index is 13.1. The molecule has 0 aromatic heterocycles. The molecular weight excluding hydrogens is 308 g/mol. The van der Waals surface area contributed by atoms with Crippen molar-refractivity contribution in [2.45, 2.75) is 69.2 Å². The first-order valence-electron chi connectivity index (χ1n) is 9.31. The van der Waals surface area contributed by atoms with E-state index in [1.807, 2.05) is 0 Å². The van der Waals surface area contributed by atoms with Gasteiger partial charge in [-0.1, -0.05) is 38.0 Å². The second kappa shape index (κ2) is 8.01. The maximum Gasteiger partial charge on any atom is 0.154 e. The van der Waals surface area contributed by atoms with Crippen LogP contribution in [0.1, 0.15) is 57.8 Å². The minimum Gasteiger partial charge on any atom is -0.298 e. The monoisotopic (exact) mass is 336 g/mol. The second-order valence-electron chi connectivity index (χ2n) is 7.60. The molecule has 0 aromatic carbocycles. The topological polar surface area (TPSA) is 32.3 Å². The fourth-order valence-electron chi connectivity index (χ4n) is 4.77. The molecule has 23 heavy (non-hydrogen) atoms. The van der Waals surface area contributed by atoms with Crippen LogP contribution in [0.4, 0.5) is 0 Å². The lowest BCUT2D eigenvalue weighted by atomic mass is 9.73. The molecule has 3 nitrogen and oxygen atoms in total. The van der Waals surface area contributed by atoms with E-state index in [2.05, 4.69) is 16.4 Å². The minimum absolute atomic E-state index is 0.0247. The van der Waals surface area contributed by atoms with Gasteiger partial charge in [-0.25, -0.2) is 10.4 Å². The number of alkyl halides is 1. The van der Waals surface area contributed by atoms with E-state index >= 15 is 0 Å². The van der Waals surface area contributed by atoms with Gasteiger partial charge in [0.1, 0.15) is 0 Å². The summed E-state index contributed by atoms with van der Waals surface area (Å²) in [5.74, 6) is 4.44. The van der Waals surface area contributed by atoms with Crippen molar-refractivity contribution in [3.63, 3.8) is 0 Å². The van der Waals surface area contributed by atoms with E-state index in [1.165, 1.54) is 32.1 Å². The van der Waals surface area contributed by atoms with Crippen LogP contribution >= 0.6 is 11.6 Å². The molecule has 1 saturated heterocycles. The summed E-state index contributed by atoms with van der Waals surface area (Å²) in [6.45, 7) is 1.51. The number of carbonyl (C=O) groups is 1. The first kappa shape index (κ1) is 17.3. The van der Waals surface area contributed by atoms with E-state index in [-0.39, 0.29) is 17.3 Å². The molecule has 3 fully saturated rings. The van der Waals surface area contributed by atoms with Crippen LogP contribution in [0.25, 0.3) is 0 Å². The molecule has 0 amide bonds. The zero-order valence-electron chi connectivity index (χ0n) is 14.0. The Balaban J connectivity index is 1.68. The normalized spacial score (nSPS) is 36.7. The molecule has 2 saturated carbocycles. The van der Waals surface area contributed by atoms with Crippen molar-refractivity contribution >= 4 is 17.4 Å². The number of Topliss-reactive ketones (excluding diaryl/α,β-unsaturated/α-hetero) is 1. The Morgan fingerprint density at radius 1 is 1.13 bits per heavy atom. The third kappa shape index (κ3) is 4.10. The number of hydrogen-bond donors (Lipinski definition) is 1. The quantitative estimate of drug-likeness (QED) is 0.631. The molecule has 1 N–H and O–H groups in total. The molecule has 0 bridgehead atoms. The number of ketones is 1. The van der Waals surface area contributed by atoms with Crippen LogP contribution in [-0.4, -0.2) is 35.3 Å². The van der Waals surface area contributed by atoms with Crippen LogP contribution in [0.15, 0.2) is 0 Å². The lowest BCUT2D eigenvalue weighted by Crippen LogP contribution is -2.45. The van der Waals surface area contributed by atoms with Crippen LogP contribution < -0.4 is 5.43 Å². The highest BCUT2D eigenvalue weighted by Crippen LogP contribution is 2.37. The summed E-state index contributed by atoms with van der Waals surface area (Å²) in [5.41, 5.74) is 3.46. The zero-order chi connectivity index (χ0) is 16.2. The summed E-state index contributed by atoms with van der Waals surface area (Å²) in [6.07, 6.45) is 15.9. The Hall–Kier alpha value is -0.560. The van der Waals surface area contributed by atoms with E-state index in [9.17, 15) is 4.79 Å². The molecule has 3 rings (SSSR count). The predicted octanol–water partition coefficient (Wildman–Crippen LogP) is 3.37. The molecule has 1 aliphatic heterocycles. The van der Waals surface area contributed by atoms with E-state index in [0.717, 1.165) is 32.2 Å². The number of nitrogens with one attached hydrogen (secondary N) is 1. The van der Waals surface area contributed by atoms with Crippen LogP contribution in [0, 0.1) is 30.1 Å². The number of nitrogens with zero attached hydrogens (tertiary/aromatic N) is 1. The van der Waals surface area contributed by atoms with Crippen molar-refractivity contribution in [3.8, 4) is 12.3 Å². The number of rotatable bonds is 4. The summed E-state index contributed by atoms with van der Waals surface area (Å²) in [5, 5.41) is 2.36. The summed E-state index contributed by atoms with van der Waals surface area (Å²) in [4.78, 5) is 13.1. The third-order valence-corrected chi connectivity index (χ3v) is 6.52. The largest absolute Gasteiger partial charge is 0.298 e. The molecular formula is C19H29ClN2O. The Morgan fingerprint density at radius 2 is 1.83 bits per heavy atom. The summed E-state index contributed by atoms with van der Waals surface area (Å²) in [6, 6.07) is -0.0247. The highest BCUT2D eigenvalue weighted by molar-refractivity contribution is 6.20. The SMILES string of the molecule is C#CCN1CC(C2CCCCC2)C(C(=O)C2CCC(Cl)CC2)N1. The molecule has 0 spiro atoms. The lowest BCUT2D eigenvalue weighted by Gasteiger charge is -2.32. The Bertz CT molecular complexity index is 447. The van der Waals surface area contributed by atoms with Crippen molar-refractivity contribution in [1.82, 2.24) is 10.4 Å². The molecule has 2 aliphatic carbocycles. The highest BCUT2D eigenvalue weighted by Gasteiger charge is 2.43. The van der Waals surface area contributed by atoms with Crippen LogP contribution in [0.2, 0.25) is 0 Å². The fourth-order valence-corrected chi connectivity index (χ4v) is 5.03. The highest BCUT2D eigenvalue weighted by atomic mass is 35.5. The van der Waals surface area contributed by atoms with Crippen LogP contribution in [0.3, 0.4) is 0 Å². The van der Waals surface area contributed by atoms with Gasteiger partial charge in [0.2, 0.25) is 0 Å². The lowest BCUT2D eigenvalue weighted by molar-refractivity contribution is -0.127. The van der Waals surface area contributed by atoms with Crippen LogP contribution in [-0.2, 0) is 4.79 Å². The second-order valence-corrected chi connectivity index (χ2v) is 8.22. The average Bonchev–Trinajstić information content (AvgIpc) is 3.00. The third-order valence-electron chi connectivity index (χ3n) is 6.08. The van der Waals surface area contributed by atoms with Gasteiger partial charge in [0, 0.05) is 17.8 Å². The van der Waals surface area contributed by atoms with Gasteiger partial charge in [-0.05, 0) is 37.5 Å².